The number of anilines is 1. The number of primary sulfonamides is 1. The maximum atomic E-state index is 12.1. The van der Waals surface area contributed by atoms with Crippen LogP contribution in [0.2, 0.25) is 0 Å². The minimum atomic E-state index is -3.75. The van der Waals surface area contributed by atoms with Crippen LogP contribution in [0.25, 0.3) is 0 Å². The molecule has 1 aromatic carbocycles. The quantitative estimate of drug-likeness (QED) is 0.807. The van der Waals surface area contributed by atoms with E-state index < -0.39 is 21.0 Å². The Morgan fingerprint density at radius 3 is 2.32 bits per heavy atom. The Hall–Kier alpha value is -1.60. The number of carbonyl (C=O) groups is 1. The van der Waals surface area contributed by atoms with E-state index in [1.54, 1.807) is 26.0 Å². The molecule has 0 fully saturated rings. The SMILES string of the molecule is CC(C)(C)OC(=O)C(C)(C)CNc1cccc(S(N)(=O)=O)c1. The fourth-order valence-electron chi connectivity index (χ4n) is 1.59. The van der Waals surface area contributed by atoms with Crippen LogP contribution in [0.3, 0.4) is 0 Å². The number of nitrogens with two attached hydrogens (primary N) is 1. The Morgan fingerprint density at radius 1 is 1.23 bits per heavy atom. The highest BCUT2D eigenvalue weighted by molar-refractivity contribution is 7.89. The van der Waals surface area contributed by atoms with E-state index in [-0.39, 0.29) is 10.9 Å². The Labute approximate surface area is 132 Å². The summed E-state index contributed by atoms with van der Waals surface area (Å²) in [6, 6.07) is 6.14. The van der Waals surface area contributed by atoms with Gasteiger partial charge >= 0.3 is 5.97 Å². The molecule has 0 amide bonds. The van der Waals surface area contributed by atoms with E-state index in [1.165, 1.54) is 12.1 Å². The highest BCUT2D eigenvalue weighted by atomic mass is 32.2. The van der Waals surface area contributed by atoms with Gasteiger partial charge in [0.15, 0.2) is 0 Å². The molecule has 0 aliphatic carbocycles. The highest BCUT2D eigenvalue weighted by Crippen LogP contribution is 2.23. The molecule has 1 rings (SSSR count). The lowest BCUT2D eigenvalue weighted by atomic mass is 9.93. The standard InChI is InChI=1S/C15H24N2O4S/c1-14(2,3)21-13(18)15(4,5)10-17-11-7-6-8-12(9-11)22(16,19)20/h6-9,17H,10H2,1-5H3,(H2,16,19,20). The number of rotatable bonds is 5. The maximum absolute atomic E-state index is 12.1. The first-order chi connectivity index (χ1) is 9.81. The van der Waals surface area contributed by atoms with Crippen molar-refractivity contribution in [2.24, 2.45) is 10.6 Å². The van der Waals surface area contributed by atoms with E-state index in [0.29, 0.717) is 12.2 Å². The lowest BCUT2D eigenvalue weighted by Gasteiger charge is -2.28. The van der Waals surface area contributed by atoms with Gasteiger partial charge < -0.3 is 10.1 Å². The van der Waals surface area contributed by atoms with Crippen LogP contribution in [0.15, 0.2) is 29.2 Å². The first-order valence-electron chi connectivity index (χ1n) is 6.91. The lowest BCUT2D eigenvalue weighted by molar-refractivity contribution is -0.164. The molecule has 0 saturated heterocycles. The predicted octanol–water partition coefficient (Wildman–Crippen LogP) is 2.11. The second kappa shape index (κ2) is 6.26. The Kier molecular flexibility index (Phi) is 5.25. The van der Waals surface area contributed by atoms with Crippen LogP contribution in [0.5, 0.6) is 0 Å². The second-order valence-corrected chi connectivity index (χ2v) is 8.37. The Bertz CT molecular complexity index is 646. The molecule has 0 radical (unpaired) electrons. The summed E-state index contributed by atoms with van der Waals surface area (Å²) >= 11 is 0. The molecule has 0 atom stereocenters. The van der Waals surface area contributed by atoms with Gasteiger partial charge in [0.05, 0.1) is 10.3 Å². The summed E-state index contributed by atoms with van der Waals surface area (Å²) in [5, 5.41) is 8.14. The number of esters is 1. The molecule has 0 aliphatic rings. The van der Waals surface area contributed by atoms with Gasteiger partial charge in [-0.3, -0.25) is 4.79 Å². The van der Waals surface area contributed by atoms with Gasteiger partial charge in [0.2, 0.25) is 10.0 Å². The lowest BCUT2D eigenvalue weighted by Crippen LogP contribution is -2.38. The molecular formula is C15H24N2O4S. The van der Waals surface area contributed by atoms with Crippen molar-refractivity contribution in [2.75, 3.05) is 11.9 Å². The number of carbonyl (C=O) groups excluding carboxylic acids is 1. The minimum absolute atomic E-state index is 0.0209. The van der Waals surface area contributed by atoms with Crippen molar-refractivity contribution in [1.82, 2.24) is 0 Å². The number of ether oxygens (including phenoxy) is 1. The van der Waals surface area contributed by atoms with Gasteiger partial charge in [0.25, 0.3) is 0 Å². The van der Waals surface area contributed by atoms with E-state index in [4.69, 9.17) is 9.88 Å². The van der Waals surface area contributed by atoms with Crippen molar-refractivity contribution >= 4 is 21.7 Å². The van der Waals surface area contributed by atoms with Crippen LogP contribution in [0.4, 0.5) is 5.69 Å². The molecule has 0 spiro atoms. The van der Waals surface area contributed by atoms with Crippen LogP contribution in [0, 0.1) is 5.41 Å². The van der Waals surface area contributed by atoms with Crippen LogP contribution < -0.4 is 10.5 Å². The number of benzene rings is 1. The van der Waals surface area contributed by atoms with Gasteiger partial charge in [0.1, 0.15) is 5.60 Å². The third-order valence-electron chi connectivity index (χ3n) is 2.85. The molecule has 0 saturated carbocycles. The molecule has 0 unspecified atom stereocenters. The monoisotopic (exact) mass is 328 g/mol. The van der Waals surface area contributed by atoms with Gasteiger partial charge in [-0.2, -0.15) is 0 Å². The largest absolute Gasteiger partial charge is 0.460 e. The first kappa shape index (κ1) is 18.4. The predicted molar refractivity (Wildman–Crippen MR) is 85.9 cm³/mol. The molecule has 124 valence electrons. The molecule has 0 aliphatic heterocycles. The number of hydrogen-bond acceptors (Lipinski definition) is 5. The van der Waals surface area contributed by atoms with Gasteiger partial charge in [-0.05, 0) is 52.8 Å². The molecule has 7 heteroatoms. The molecule has 6 nitrogen and oxygen atoms in total. The molecule has 0 bridgehead atoms. The molecule has 22 heavy (non-hydrogen) atoms. The van der Waals surface area contributed by atoms with E-state index in [2.05, 4.69) is 5.32 Å². The summed E-state index contributed by atoms with van der Waals surface area (Å²) in [6.45, 7) is 9.25. The van der Waals surface area contributed by atoms with E-state index in [0.717, 1.165) is 0 Å². The fourth-order valence-corrected chi connectivity index (χ4v) is 2.15. The van der Waals surface area contributed by atoms with Gasteiger partial charge in [0, 0.05) is 12.2 Å². The second-order valence-electron chi connectivity index (χ2n) is 6.81. The number of sulfonamides is 1. The summed E-state index contributed by atoms with van der Waals surface area (Å²) in [5.74, 6) is -0.324. The van der Waals surface area contributed by atoms with E-state index in [1.807, 2.05) is 20.8 Å². The maximum Gasteiger partial charge on any atom is 0.313 e. The van der Waals surface area contributed by atoms with Gasteiger partial charge in [-0.25, -0.2) is 13.6 Å². The summed E-state index contributed by atoms with van der Waals surface area (Å²) in [4.78, 5) is 12.2. The van der Waals surface area contributed by atoms with E-state index in [9.17, 15) is 13.2 Å². The zero-order chi connectivity index (χ0) is 17.2. The van der Waals surface area contributed by atoms with Crippen molar-refractivity contribution < 1.29 is 17.9 Å². The van der Waals surface area contributed by atoms with Crippen LogP contribution >= 0.6 is 0 Å². The Balaban J connectivity index is 2.79. The van der Waals surface area contributed by atoms with Gasteiger partial charge in [-0.1, -0.05) is 6.07 Å². The summed E-state index contributed by atoms with van der Waals surface area (Å²) in [6.07, 6.45) is 0. The minimum Gasteiger partial charge on any atom is -0.460 e. The summed E-state index contributed by atoms with van der Waals surface area (Å²) in [7, 11) is -3.75. The van der Waals surface area contributed by atoms with Crippen LogP contribution in [0.1, 0.15) is 34.6 Å². The summed E-state index contributed by atoms with van der Waals surface area (Å²) < 4.78 is 28.0. The number of hydrogen-bond donors (Lipinski definition) is 2. The fraction of sp³-hybridized carbons (Fsp3) is 0.533. The molecule has 3 N–H and O–H groups in total. The Morgan fingerprint density at radius 2 is 1.82 bits per heavy atom. The van der Waals surface area contributed by atoms with Crippen LogP contribution in [-0.4, -0.2) is 26.5 Å². The van der Waals surface area contributed by atoms with Crippen molar-refractivity contribution in [3.05, 3.63) is 24.3 Å². The van der Waals surface area contributed by atoms with Crippen LogP contribution in [-0.2, 0) is 19.6 Å². The van der Waals surface area contributed by atoms with Crippen molar-refractivity contribution in [1.29, 1.82) is 0 Å². The molecule has 0 heterocycles. The smallest absolute Gasteiger partial charge is 0.313 e. The molecule has 0 aromatic heterocycles. The zero-order valence-electron chi connectivity index (χ0n) is 13.6. The third-order valence-corrected chi connectivity index (χ3v) is 3.76. The number of nitrogens with one attached hydrogen (secondary N) is 1. The first-order valence-corrected chi connectivity index (χ1v) is 8.46. The van der Waals surface area contributed by atoms with Crippen molar-refractivity contribution in [2.45, 2.75) is 45.1 Å². The third kappa shape index (κ3) is 5.65. The normalized spacial score (nSPS) is 12.8. The average Bonchev–Trinajstić information content (AvgIpc) is 2.34. The molecular weight excluding hydrogens is 304 g/mol. The summed E-state index contributed by atoms with van der Waals surface area (Å²) in [5.41, 5.74) is -0.740. The topological polar surface area (TPSA) is 98.5 Å². The average molecular weight is 328 g/mol. The highest BCUT2D eigenvalue weighted by Gasteiger charge is 2.32. The van der Waals surface area contributed by atoms with Gasteiger partial charge in [-0.15, -0.1) is 0 Å². The van der Waals surface area contributed by atoms with Crippen molar-refractivity contribution in [3.8, 4) is 0 Å². The molecule has 1 aromatic rings. The van der Waals surface area contributed by atoms with E-state index >= 15 is 0 Å². The van der Waals surface area contributed by atoms with Crippen molar-refractivity contribution in [3.63, 3.8) is 0 Å². The zero-order valence-corrected chi connectivity index (χ0v) is 14.5.